The molecule has 58 heavy (non-hydrogen) atoms. The van der Waals surface area contributed by atoms with Gasteiger partial charge in [-0.25, -0.2) is 0 Å². The summed E-state index contributed by atoms with van der Waals surface area (Å²) >= 11 is 1.98. The lowest BCUT2D eigenvalue weighted by molar-refractivity contribution is -0.157. The monoisotopic (exact) mass is 916 g/mol. The van der Waals surface area contributed by atoms with Gasteiger partial charge in [0.15, 0.2) is 11.5 Å². The maximum Gasteiger partial charge on any atom is 0.307 e. The van der Waals surface area contributed by atoms with E-state index in [9.17, 15) is 29.4 Å². The number of carbonyl (C=O) groups excluding carboxylic acids is 4. The fraction of sp³-hybridized carbons (Fsp3) is 0.488. The molecule has 314 valence electrons. The summed E-state index contributed by atoms with van der Waals surface area (Å²) in [4.78, 5) is 49.7. The standard InChI is InChI=1S/C23H29NO6.C20H24INO6/c1-23(2,3)29-20(27)12-17(11-19(26)28-14-15-7-5-4-6-8-15)22-21(16-9-10-16)18(13-25)30-24-22;1-20(2,3)27-17(25)10-14(19-18(21)15(11-23)28-22-19)9-16(24)26-12-13-7-5-4-6-8-13/h4-8,16-17,25H,9-14H2,1-3H3;4-8,14,23H,9-12H2,1-3H3/t17-;14-/m11/s1. The van der Waals surface area contributed by atoms with Crippen LogP contribution in [-0.2, 0) is 64.6 Å². The largest absolute Gasteiger partial charge is 0.461 e. The smallest absolute Gasteiger partial charge is 0.307 e. The topological polar surface area (TPSA) is 198 Å². The molecule has 4 aromatic rings. The van der Waals surface area contributed by atoms with Crippen molar-refractivity contribution < 1.29 is 57.4 Å². The van der Waals surface area contributed by atoms with E-state index in [0.717, 1.165) is 29.5 Å². The van der Waals surface area contributed by atoms with Crippen LogP contribution in [0.1, 0.15) is 137 Å². The van der Waals surface area contributed by atoms with Crippen LogP contribution in [0, 0.1) is 3.57 Å². The highest BCUT2D eigenvalue weighted by Crippen LogP contribution is 2.46. The minimum Gasteiger partial charge on any atom is -0.461 e. The molecule has 0 bridgehead atoms. The van der Waals surface area contributed by atoms with E-state index in [0.29, 0.717) is 26.5 Å². The van der Waals surface area contributed by atoms with E-state index in [1.54, 1.807) is 41.5 Å². The van der Waals surface area contributed by atoms with E-state index in [4.69, 9.17) is 28.0 Å². The number of aliphatic hydroxyl groups is 2. The third-order valence-corrected chi connectivity index (χ3v) is 9.73. The van der Waals surface area contributed by atoms with Crippen LogP contribution in [-0.4, -0.2) is 55.6 Å². The molecule has 0 amide bonds. The summed E-state index contributed by atoms with van der Waals surface area (Å²) in [6.45, 7) is 10.4. The fourth-order valence-electron chi connectivity index (χ4n) is 5.94. The Hall–Kier alpha value is -4.61. The molecule has 0 spiro atoms. The first kappa shape index (κ1) is 46.1. The molecular weight excluding hydrogens is 863 g/mol. The molecule has 2 N–H and O–H groups in total. The molecule has 0 saturated heterocycles. The molecule has 1 saturated carbocycles. The van der Waals surface area contributed by atoms with Gasteiger partial charge in [-0.3, -0.25) is 19.2 Å². The highest BCUT2D eigenvalue weighted by molar-refractivity contribution is 14.1. The van der Waals surface area contributed by atoms with Gasteiger partial charge in [-0.15, -0.1) is 0 Å². The number of aromatic nitrogens is 2. The summed E-state index contributed by atoms with van der Waals surface area (Å²) in [5, 5.41) is 27.0. The van der Waals surface area contributed by atoms with Gasteiger partial charge in [-0.1, -0.05) is 71.0 Å². The zero-order chi connectivity index (χ0) is 42.5. The van der Waals surface area contributed by atoms with E-state index in [-0.39, 0.29) is 58.0 Å². The number of rotatable bonds is 17. The predicted octanol–water partition coefficient (Wildman–Crippen LogP) is 7.71. The number of halogens is 1. The molecule has 5 rings (SSSR count). The lowest BCUT2D eigenvalue weighted by Crippen LogP contribution is -2.26. The fourth-order valence-corrected chi connectivity index (χ4v) is 6.75. The van der Waals surface area contributed by atoms with E-state index in [1.165, 1.54) is 0 Å². The second-order valence-electron chi connectivity index (χ2n) is 16.0. The van der Waals surface area contributed by atoms with Crippen LogP contribution >= 0.6 is 22.6 Å². The second-order valence-corrected chi connectivity index (χ2v) is 17.1. The van der Waals surface area contributed by atoms with Gasteiger partial charge in [0, 0.05) is 17.4 Å². The third-order valence-electron chi connectivity index (χ3n) is 8.58. The molecule has 15 heteroatoms. The Kier molecular flexibility index (Phi) is 17.0. The molecule has 1 fully saturated rings. The van der Waals surface area contributed by atoms with Gasteiger partial charge in [0.2, 0.25) is 0 Å². The van der Waals surface area contributed by atoms with Crippen LogP contribution < -0.4 is 0 Å². The van der Waals surface area contributed by atoms with Gasteiger partial charge in [-0.05, 0) is 94.0 Å². The number of nitrogens with zero attached hydrogens (tertiary/aromatic N) is 2. The van der Waals surface area contributed by atoms with Gasteiger partial charge in [0.1, 0.15) is 43.3 Å². The molecule has 0 radical (unpaired) electrons. The number of benzene rings is 2. The Labute approximate surface area is 352 Å². The average Bonchev–Trinajstić information content (AvgIpc) is 3.79. The lowest BCUT2D eigenvalue weighted by Gasteiger charge is -2.22. The van der Waals surface area contributed by atoms with Crippen molar-refractivity contribution in [1.29, 1.82) is 0 Å². The normalized spacial score (nSPS) is 13.7. The summed E-state index contributed by atoms with van der Waals surface area (Å²) in [5.41, 5.74) is 2.30. The molecule has 0 unspecified atom stereocenters. The van der Waals surface area contributed by atoms with E-state index >= 15 is 0 Å². The Morgan fingerprint density at radius 3 is 1.45 bits per heavy atom. The summed E-state index contributed by atoms with van der Waals surface area (Å²) in [6.07, 6.45) is 1.79. The Morgan fingerprint density at radius 2 is 1.05 bits per heavy atom. The Balaban J connectivity index is 0.000000257. The highest BCUT2D eigenvalue weighted by Gasteiger charge is 2.37. The molecule has 2 aromatic carbocycles. The SMILES string of the molecule is CC(C)(C)OC(=O)C[C@@H](CC(=O)OCc1ccccc1)c1noc(CO)c1C1CC1.CC(C)(C)OC(=O)C[C@@H](CC(=O)OCc1ccccc1)c1noc(CO)c1I. The van der Waals surface area contributed by atoms with Crippen molar-refractivity contribution in [3.8, 4) is 0 Å². The van der Waals surface area contributed by atoms with Crippen LogP contribution in [0.25, 0.3) is 0 Å². The first-order chi connectivity index (χ1) is 27.5. The van der Waals surface area contributed by atoms with Crippen LogP contribution in [0.3, 0.4) is 0 Å². The second kappa shape index (κ2) is 21.4. The van der Waals surface area contributed by atoms with Gasteiger partial charge in [0.05, 0.1) is 34.9 Å². The maximum atomic E-state index is 12.6. The molecule has 0 aliphatic heterocycles. The zero-order valence-corrected chi connectivity index (χ0v) is 36.0. The van der Waals surface area contributed by atoms with Crippen LogP contribution in [0.15, 0.2) is 69.7 Å². The van der Waals surface area contributed by atoms with Gasteiger partial charge in [0.25, 0.3) is 0 Å². The number of esters is 4. The average molecular weight is 917 g/mol. The Bertz CT molecular complexity index is 1940. The van der Waals surface area contributed by atoms with Crippen molar-refractivity contribution in [2.45, 2.75) is 135 Å². The molecule has 1 aliphatic rings. The number of aliphatic hydroxyl groups excluding tert-OH is 2. The van der Waals surface area contributed by atoms with E-state index in [1.807, 2.05) is 83.3 Å². The van der Waals surface area contributed by atoms with Crippen molar-refractivity contribution in [3.63, 3.8) is 0 Å². The number of hydrogen-bond donors (Lipinski definition) is 2. The molecule has 14 nitrogen and oxygen atoms in total. The van der Waals surface area contributed by atoms with Crippen molar-refractivity contribution >= 4 is 46.5 Å². The molecule has 2 aromatic heterocycles. The lowest BCUT2D eigenvalue weighted by atomic mass is 9.92. The molecule has 2 atom stereocenters. The summed E-state index contributed by atoms with van der Waals surface area (Å²) < 4.78 is 32.6. The van der Waals surface area contributed by atoms with E-state index in [2.05, 4.69) is 10.3 Å². The van der Waals surface area contributed by atoms with Crippen molar-refractivity contribution in [1.82, 2.24) is 10.3 Å². The van der Waals surface area contributed by atoms with Crippen molar-refractivity contribution in [2.75, 3.05) is 0 Å². The molecule has 2 heterocycles. The summed E-state index contributed by atoms with van der Waals surface area (Å²) in [5.74, 6) is -1.92. The van der Waals surface area contributed by atoms with Gasteiger partial charge >= 0.3 is 23.9 Å². The summed E-state index contributed by atoms with van der Waals surface area (Å²) in [6, 6.07) is 18.7. The first-order valence-electron chi connectivity index (χ1n) is 19.1. The highest BCUT2D eigenvalue weighted by atomic mass is 127. The maximum absolute atomic E-state index is 12.6. The van der Waals surface area contributed by atoms with Crippen LogP contribution in [0.5, 0.6) is 0 Å². The van der Waals surface area contributed by atoms with Crippen LogP contribution in [0.2, 0.25) is 0 Å². The Morgan fingerprint density at radius 1 is 0.655 bits per heavy atom. The number of ether oxygens (including phenoxy) is 4. The minimum atomic E-state index is -0.636. The first-order valence-corrected chi connectivity index (χ1v) is 20.2. The molecule has 1 aliphatic carbocycles. The quantitative estimate of drug-likeness (QED) is 0.0593. The van der Waals surface area contributed by atoms with Gasteiger partial charge < -0.3 is 38.2 Å². The van der Waals surface area contributed by atoms with Gasteiger partial charge in [-0.2, -0.15) is 0 Å². The third kappa shape index (κ3) is 15.3. The zero-order valence-electron chi connectivity index (χ0n) is 33.8. The van der Waals surface area contributed by atoms with Crippen LogP contribution in [0.4, 0.5) is 0 Å². The molecular formula is C43H53IN2O12. The predicted molar refractivity (Wildman–Crippen MR) is 218 cm³/mol. The van der Waals surface area contributed by atoms with Crippen molar-refractivity contribution in [2.24, 2.45) is 0 Å². The number of hydrogen-bond acceptors (Lipinski definition) is 14. The van der Waals surface area contributed by atoms with Crippen molar-refractivity contribution in [3.05, 3.63) is 104 Å². The summed E-state index contributed by atoms with van der Waals surface area (Å²) in [7, 11) is 0. The van der Waals surface area contributed by atoms with E-state index < -0.39 is 46.9 Å². The number of carbonyl (C=O) groups is 4. The minimum absolute atomic E-state index is 0.0190.